The largest absolute Gasteiger partial charge is 0.360 e. The summed E-state index contributed by atoms with van der Waals surface area (Å²) in [6.07, 6.45) is 4.56. The SMILES string of the molecule is C=CCn1c(C)nnc1SC(C(=O)c1c[nH]c2c(CC)cccc12)c1ccccc1. The summed E-state index contributed by atoms with van der Waals surface area (Å²) in [5.74, 6) is 0.854. The van der Waals surface area contributed by atoms with Crippen molar-refractivity contribution >= 4 is 28.4 Å². The van der Waals surface area contributed by atoms with Gasteiger partial charge in [0, 0.05) is 29.2 Å². The molecule has 0 saturated carbocycles. The number of para-hydroxylation sites is 1. The number of allylic oxidation sites excluding steroid dienone is 1. The molecule has 0 fully saturated rings. The first-order chi connectivity index (χ1) is 14.6. The van der Waals surface area contributed by atoms with Gasteiger partial charge in [0.1, 0.15) is 11.1 Å². The standard InChI is InChI=1S/C24H24N4OS/c1-4-14-28-16(3)26-27-24(28)30-23(18-10-7-6-8-11-18)22(29)20-15-25-21-17(5-2)12-9-13-19(20)21/h4,6-13,15,23,25H,1,5,14H2,2-3H3. The fraction of sp³-hybridized carbons (Fsp3) is 0.208. The third kappa shape index (κ3) is 3.71. The Labute approximate surface area is 180 Å². The molecular weight excluding hydrogens is 392 g/mol. The van der Waals surface area contributed by atoms with Crippen LogP contribution in [0.3, 0.4) is 0 Å². The Bertz CT molecular complexity index is 1190. The molecule has 4 rings (SSSR count). The molecule has 2 heterocycles. The van der Waals surface area contributed by atoms with E-state index in [1.54, 1.807) is 0 Å². The normalized spacial score (nSPS) is 12.2. The van der Waals surface area contributed by atoms with Crippen molar-refractivity contribution in [2.75, 3.05) is 0 Å². The second-order valence-electron chi connectivity index (χ2n) is 7.10. The number of nitrogens with zero attached hydrogens (tertiary/aromatic N) is 3. The van der Waals surface area contributed by atoms with Gasteiger partial charge in [-0.05, 0) is 24.5 Å². The molecule has 30 heavy (non-hydrogen) atoms. The Morgan fingerprint density at radius 1 is 1.20 bits per heavy atom. The second-order valence-corrected chi connectivity index (χ2v) is 8.17. The van der Waals surface area contributed by atoms with E-state index in [0.29, 0.717) is 17.3 Å². The number of thioether (sulfide) groups is 1. The van der Waals surface area contributed by atoms with E-state index in [0.717, 1.165) is 28.7 Å². The van der Waals surface area contributed by atoms with Gasteiger partial charge in [-0.25, -0.2) is 0 Å². The first kappa shape index (κ1) is 20.2. The van der Waals surface area contributed by atoms with Crippen molar-refractivity contribution in [1.29, 1.82) is 0 Å². The number of hydrogen-bond donors (Lipinski definition) is 1. The van der Waals surface area contributed by atoms with Gasteiger partial charge in [0.15, 0.2) is 10.9 Å². The number of rotatable bonds is 8. The van der Waals surface area contributed by atoms with Crippen LogP contribution in [0.5, 0.6) is 0 Å². The third-order valence-electron chi connectivity index (χ3n) is 5.23. The van der Waals surface area contributed by atoms with E-state index in [1.165, 1.54) is 17.3 Å². The Morgan fingerprint density at radius 2 is 2.00 bits per heavy atom. The molecule has 2 aromatic carbocycles. The van der Waals surface area contributed by atoms with Crippen LogP contribution in [0.4, 0.5) is 0 Å². The molecule has 1 atom stereocenters. The molecule has 1 N–H and O–H groups in total. The Kier molecular flexibility index (Phi) is 5.86. The maximum atomic E-state index is 13.8. The van der Waals surface area contributed by atoms with Crippen molar-refractivity contribution in [3.63, 3.8) is 0 Å². The lowest BCUT2D eigenvalue weighted by Gasteiger charge is -2.16. The van der Waals surface area contributed by atoms with E-state index >= 15 is 0 Å². The first-order valence-electron chi connectivity index (χ1n) is 9.99. The smallest absolute Gasteiger partial charge is 0.192 e. The minimum atomic E-state index is -0.428. The molecule has 1 unspecified atom stereocenters. The molecule has 152 valence electrons. The summed E-state index contributed by atoms with van der Waals surface area (Å²) >= 11 is 1.43. The Balaban J connectivity index is 1.78. The maximum Gasteiger partial charge on any atom is 0.192 e. The maximum absolute atomic E-state index is 13.8. The van der Waals surface area contributed by atoms with Crippen molar-refractivity contribution in [2.24, 2.45) is 0 Å². The van der Waals surface area contributed by atoms with Crippen molar-refractivity contribution in [1.82, 2.24) is 19.7 Å². The van der Waals surface area contributed by atoms with Gasteiger partial charge < -0.3 is 9.55 Å². The van der Waals surface area contributed by atoms with Crippen molar-refractivity contribution in [3.8, 4) is 0 Å². The molecule has 0 spiro atoms. The molecule has 0 radical (unpaired) electrons. The molecule has 0 amide bonds. The highest BCUT2D eigenvalue weighted by molar-refractivity contribution is 8.00. The van der Waals surface area contributed by atoms with Gasteiger partial charge in [-0.1, -0.05) is 73.3 Å². The lowest BCUT2D eigenvalue weighted by atomic mass is 10.0. The number of nitrogens with one attached hydrogen (secondary N) is 1. The van der Waals surface area contributed by atoms with Crippen LogP contribution in [0.2, 0.25) is 0 Å². The number of aromatic amines is 1. The summed E-state index contributed by atoms with van der Waals surface area (Å²) in [5, 5.41) is 9.77. The van der Waals surface area contributed by atoms with E-state index in [1.807, 2.05) is 66.2 Å². The van der Waals surface area contributed by atoms with E-state index in [-0.39, 0.29) is 5.78 Å². The van der Waals surface area contributed by atoms with Crippen LogP contribution in [-0.2, 0) is 13.0 Å². The van der Waals surface area contributed by atoms with E-state index in [9.17, 15) is 4.79 Å². The zero-order chi connectivity index (χ0) is 21.1. The number of ketones is 1. The predicted molar refractivity (Wildman–Crippen MR) is 122 cm³/mol. The number of fused-ring (bicyclic) bond motifs is 1. The predicted octanol–water partition coefficient (Wildman–Crippen LogP) is 5.53. The van der Waals surface area contributed by atoms with Crippen LogP contribution in [-0.4, -0.2) is 25.5 Å². The molecule has 0 bridgehead atoms. The van der Waals surface area contributed by atoms with Gasteiger partial charge in [-0.15, -0.1) is 16.8 Å². The number of carbonyl (C=O) groups is 1. The van der Waals surface area contributed by atoms with Gasteiger partial charge in [0.2, 0.25) is 0 Å². The molecular formula is C24H24N4OS. The second kappa shape index (κ2) is 8.71. The van der Waals surface area contributed by atoms with Crippen molar-refractivity contribution in [3.05, 3.63) is 89.9 Å². The number of benzene rings is 2. The third-order valence-corrected chi connectivity index (χ3v) is 6.46. The van der Waals surface area contributed by atoms with E-state index in [2.05, 4.69) is 34.8 Å². The molecule has 2 aromatic heterocycles. The molecule has 0 aliphatic heterocycles. The van der Waals surface area contributed by atoms with Gasteiger partial charge in [-0.3, -0.25) is 4.79 Å². The monoisotopic (exact) mass is 416 g/mol. The van der Waals surface area contributed by atoms with Crippen LogP contribution in [0, 0.1) is 6.92 Å². The molecule has 4 aromatic rings. The molecule has 6 heteroatoms. The van der Waals surface area contributed by atoms with E-state index < -0.39 is 5.25 Å². The van der Waals surface area contributed by atoms with E-state index in [4.69, 9.17) is 0 Å². The van der Waals surface area contributed by atoms with Gasteiger partial charge >= 0.3 is 0 Å². The topological polar surface area (TPSA) is 63.6 Å². The minimum absolute atomic E-state index is 0.0523. The Morgan fingerprint density at radius 3 is 2.73 bits per heavy atom. The lowest BCUT2D eigenvalue weighted by Crippen LogP contribution is -2.11. The highest BCUT2D eigenvalue weighted by Crippen LogP contribution is 2.38. The Hall–Kier alpha value is -3.12. The average molecular weight is 417 g/mol. The van der Waals surface area contributed by atoms with Crippen LogP contribution in [0.25, 0.3) is 10.9 Å². The number of carbonyl (C=O) groups excluding carboxylic acids is 1. The summed E-state index contributed by atoms with van der Waals surface area (Å²) in [6.45, 7) is 8.45. The first-order valence-corrected chi connectivity index (χ1v) is 10.9. The van der Waals surface area contributed by atoms with Crippen LogP contribution in [0.1, 0.15) is 39.5 Å². The van der Waals surface area contributed by atoms with Crippen molar-refractivity contribution in [2.45, 2.75) is 37.2 Å². The quantitative estimate of drug-likeness (QED) is 0.233. The highest BCUT2D eigenvalue weighted by atomic mass is 32.2. The van der Waals surface area contributed by atoms with Crippen molar-refractivity contribution < 1.29 is 4.79 Å². The summed E-state index contributed by atoms with van der Waals surface area (Å²) in [7, 11) is 0. The van der Waals surface area contributed by atoms with Crippen LogP contribution in [0.15, 0.2) is 72.5 Å². The molecule has 0 saturated heterocycles. The van der Waals surface area contributed by atoms with Gasteiger partial charge in [0.05, 0.1) is 0 Å². The van der Waals surface area contributed by atoms with Crippen LogP contribution < -0.4 is 0 Å². The number of Topliss-reactive ketones (excluding diaryl/α,β-unsaturated/α-hetero) is 1. The summed E-state index contributed by atoms with van der Waals surface area (Å²) < 4.78 is 1.98. The number of aromatic nitrogens is 4. The highest BCUT2D eigenvalue weighted by Gasteiger charge is 2.28. The van der Waals surface area contributed by atoms with Gasteiger partial charge in [-0.2, -0.15) is 0 Å². The summed E-state index contributed by atoms with van der Waals surface area (Å²) in [6, 6.07) is 16.0. The fourth-order valence-corrected chi connectivity index (χ4v) is 4.81. The van der Waals surface area contributed by atoms with Gasteiger partial charge in [0.25, 0.3) is 0 Å². The fourth-order valence-electron chi connectivity index (χ4n) is 3.65. The number of aryl methyl sites for hydroxylation is 2. The minimum Gasteiger partial charge on any atom is -0.360 e. The van der Waals surface area contributed by atoms with Crippen LogP contribution >= 0.6 is 11.8 Å². The molecule has 0 aliphatic rings. The molecule has 0 aliphatic carbocycles. The molecule has 5 nitrogen and oxygen atoms in total. The number of H-pyrrole nitrogens is 1. The summed E-state index contributed by atoms with van der Waals surface area (Å²) in [5.41, 5.74) is 3.88. The lowest BCUT2D eigenvalue weighted by molar-refractivity contribution is 0.0991. The zero-order valence-electron chi connectivity index (χ0n) is 17.1. The zero-order valence-corrected chi connectivity index (χ0v) is 17.9. The summed E-state index contributed by atoms with van der Waals surface area (Å²) in [4.78, 5) is 17.1. The number of hydrogen-bond acceptors (Lipinski definition) is 4. The average Bonchev–Trinajstić information content (AvgIpc) is 3.36.